The van der Waals surface area contributed by atoms with Gasteiger partial charge in [-0.05, 0) is 32.0 Å². The van der Waals surface area contributed by atoms with Crippen LogP contribution in [0.1, 0.15) is 13.8 Å². The van der Waals surface area contributed by atoms with Crippen molar-refractivity contribution in [1.29, 1.82) is 0 Å². The average molecular weight is 246 g/mol. The molecule has 6 heteroatoms. The van der Waals surface area contributed by atoms with Crippen LogP contribution in [0.4, 0.5) is 5.82 Å². The number of aromatic amines is 1. The van der Waals surface area contributed by atoms with Gasteiger partial charge in [0.15, 0.2) is 0 Å². The molecule has 2 heterocycles. The van der Waals surface area contributed by atoms with Gasteiger partial charge in [-0.1, -0.05) is 0 Å². The van der Waals surface area contributed by atoms with Crippen molar-refractivity contribution in [3.05, 3.63) is 30.6 Å². The Morgan fingerprint density at radius 2 is 2.11 bits per heavy atom. The van der Waals surface area contributed by atoms with Gasteiger partial charge in [0, 0.05) is 18.0 Å². The van der Waals surface area contributed by atoms with Gasteiger partial charge in [0.1, 0.15) is 11.4 Å². The third-order valence-corrected chi connectivity index (χ3v) is 2.53. The first-order valence-corrected chi connectivity index (χ1v) is 5.47. The van der Waals surface area contributed by atoms with E-state index in [0.717, 1.165) is 11.3 Å². The zero-order valence-corrected chi connectivity index (χ0v) is 10.1. The van der Waals surface area contributed by atoms with Gasteiger partial charge in [-0.25, -0.2) is 4.79 Å². The molecule has 0 fully saturated rings. The summed E-state index contributed by atoms with van der Waals surface area (Å²) >= 11 is 0. The van der Waals surface area contributed by atoms with Crippen LogP contribution in [0.2, 0.25) is 0 Å². The molecule has 0 saturated heterocycles. The minimum absolute atomic E-state index is 0.432. The molecule has 0 amide bonds. The fourth-order valence-corrected chi connectivity index (χ4v) is 1.41. The molecule has 0 spiro atoms. The first-order chi connectivity index (χ1) is 8.49. The maximum Gasteiger partial charge on any atom is 0.328 e. The zero-order chi connectivity index (χ0) is 13.2. The molecule has 94 valence electrons. The van der Waals surface area contributed by atoms with Crippen LogP contribution >= 0.6 is 0 Å². The van der Waals surface area contributed by atoms with E-state index in [2.05, 4.69) is 20.5 Å². The molecule has 2 aromatic rings. The summed E-state index contributed by atoms with van der Waals surface area (Å²) < 4.78 is 0. The number of carbonyl (C=O) groups is 1. The van der Waals surface area contributed by atoms with E-state index in [0.29, 0.717) is 5.82 Å². The second kappa shape index (κ2) is 4.48. The van der Waals surface area contributed by atoms with E-state index in [4.69, 9.17) is 5.11 Å². The van der Waals surface area contributed by atoms with Crippen molar-refractivity contribution in [2.75, 3.05) is 5.32 Å². The first-order valence-electron chi connectivity index (χ1n) is 5.47. The maximum atomic E-state index is 11.0. The monoisotopic (exact) mass is 246 g/mol. The number of hydrogen-bond acceptors (Lipinski definition) is 4. The number of anilines is 1. The van der Waals surface area contributed by atoms with E-state index in [-0.39, 0.29) is 0 Å². The van der Waals surface area contributed by atoms with Gasteiger partial charge in [-0.2, -0.15) is 0 Å². The van der Waals surface area contributed by atoms with E-state index in [9.17, 15) is 4.79 Å². The Hall–Kier alpha value is -2.37. The molecule has 0 aromatic carbocycles. The summed E-state index contributed by atoms with van der Waals surface area (Å²) in [6.45, 7) is 3.13. The topological polar surface area (TPSA) is 90.9 Å². The number of nitrogens with zero attached hydrogens (tertiary/aromatic N) is 2. The molecule has 2 rings (SSSR count). The zero-order valence-electron chi connectivity index (χ0n) is 10.1. The Morgan fingerprint density at radius 1 is 1.33 bits per heavy atom. The summed E-state index contributed by atoms with van der Waals surface area (Å²) in [5.74, 6) is -0.513. The van der Waals surface area contributed by atoms with E-state index in [1.54, 1.807) is 32.2 Å². The lowest BCUT2D eigenvalue weighted by molar-refractivity contribution is -0.141. The van der Waals surface area contributed by atoms with Crippen LogP contribution in [0.15, 0.2) is 30.6 Å². The molecule has 0 bridgehead atoms. The number of aromatic nitrogens is 3. The standard InChI is InChI=1S/C12H14N4O2/c1-12(2,11(17)18)14-10-4-3-9(15-16-10)8-5-6-13-7-8/h3-7,13H,1-2H3,(H,14,16)(H,17,18). The predicted octanol–water partition coefficient (Wildman–Crippen LogP) is 1.75. The lowest BCUT2D eigenvalue weighted by atomic mass is 10.1. The minimum Gasteiger partial charge on any atom is -0.480 e. The maximum absolute atomic E-state index is 11.0. The Morgan fingerprint density at radius 3 is 2.61 bits per heavy atom. The van der Waals surface area contributed by atoms with Gasteiger partial charge in [0.25, 0.3) is 0 Å². The lowest BCUT2D eigenvalue weighted by Crippen LogP contribution is -2.40. The molecule has 0 unspecified atom stereocenters. The van der Waals surface area contributed by atoms with Crippen molar-refractivity contribution in [3.8, 4) is 11.3 Å². The van der Waals surface area contributed by atoms with Crippen LogP contribution in [0, 0.1) is 0 Å². The molecule has 2 aromatic heterocycles. The number of carboxylic acids is 1. The fraction of sp³-hybridized carbons (Fsp3) is 0.250. The van der Waals surface area contributed by atoms with Crippen molar-refractivity contribution in [2.24, 2.45) is 0 Å². The van der Waals surface area contributed by atoms with Crippen molar-refractivity contribution >= 4 is 11.8 Å². The highest BCUT2D eigenvalue weighted by atomic mass is 16.4. The second-order valence-electron chi connectivity index (χ2n) is 4.46. The Balaban J connectivity index is 2.16. The summed E-state index contributed by atoms with van der Waals surface area (Å²) in [6.07, 6.45) is 3.62. The van der Waals surface area contributed by atoms with Crippen molar-refractivity contribution in [1.82, 2.24) is 15.2 Å². The van der Waals surface area contributed by atoms with Gasteiger partial charge < -0.3 is 15.4 Å². The summed E-state index contributed by atoms with van der Waals surface area (Å²) in [4.78, 5) is 13.9. The number of rotatable bonds is 4. The summed E-state index contributed by atoms with van der Waals surface area (Å²) in [7, 11) is 0. The van der Waals surface area contributed by atoms with Gasteiger partial charge in [0.05, 0.1) is 5.69 Å². The van der Waals surface area contributed by atoms with Crippen LogP contribution in [-0.2, 0) is 4.79 Å². The summed E-state index contributed by atoms with van der Waals surface area (Å²) in [5, 5.41) is 19.8. The lowest BCUT2D eigenvalue weighted by Gasteiger charge is -2.21. The van der Waals surface area contributed by atoms with E-state index in [1.807, 2.05) is 12.3 Å². The van der Waals surface area contributed by atoms with Crippen molar-refractivity contribution in [3.63, 3.8) is 0 Å². The van der Waals surface area contributed by atoms with Gasteiger partial charge in [-0.3, -0.25) is 0 Å². The van der Waals surface area contributed by atoms with Gasteiger partial charge in [-0.15, -0.1) is 10.2 Å². The fourth-order valence-electron chi connectivity index (χ4n) is 1.41. The molecule has 0 atom stereocenters. The molecule has 18 heavy (non-hydrogen) atoms. The Bertz CT molecular complexity index is 532. The highest BCUT2D eigenvalue weighted by Crippen LogP contribution is 2.17. The highest BCUT2D eigenvalue weighted by molar-refractivity contribution is 5.81. The number of nitrogens with one attached hydrogen (secondary N) is 2. The van der Waals surface area contributed by atoms with Crippen LogP contribution in [0.25, 0.3) is 11.3 Å². The SMILES string of the molecule is CC(C)(Nc1ccc(-c2cc[nH]c2)nn1)C(=O)O. The van der Waals surface area contributed by atoms with E-state index < -0.39 is 11.5 Å². The van der Waals surface area contributed by atoms with E-state index in [1.165, 1.54) is 0 Å². The quantitative estimate of drug-likeness (QED) is 0.764. The molecule has 3 N–H and O–H groups in total. The highest BCUT2D eigenvalue weighted by Gasteiger charge is 2.27. The molecule has 0 saturated carbocycles. The Labute approximate surface area is 104 Å². The van der Waals surface area contributed by atoms with Crippen LogP contribution < -0.4 is 5.32 Å². The third-order valence-electron chi connectivity index (χ3n) is 2.53. The summed E-state index contributed by atoms with van der Waals surface area (Å²) in [5.41, 5.74) is 0.589. The number of hydrogen-bond donors (Lipinski definition) is 3. The van der Waals surface area contributed by atoms with Crippen LogP contribution in [0.5, 0.6) is 0 Å². The largest absolute Gasteiger partial charge is 0.480 e. The van der Waals surface area contributed by atoms with Crippen molar-refractivity contribution in [2.45, 2.75) is 19.4 Å². The predicted molar refractivity (Wildman–Crippen MR) is 67.2 cm³/mol. The van der Waals surface area contributed by atoms with Crippen molar-refractivity contribution < 1.29 is 9.90 Å². The molecular weight excluding hydrogens is 232 g/mol. The number of aliphatic carboxylic acids is 1. The van der Waals surface area contributed by atoms with E-state index >= 15 is 0 Å². The van der Waals surface area contributed by atoms with Crippen LogP contribution in [-0.4, -0.2) is 31.8 Å². The second-order valence-corrected chi connectivity index (χ2v) is 4.46. The molecule has 0 aliphatic rings. The Kier molecular flexibility index (Phi) is 3.01. The number of carboxylic acid groups (broad SMARTS) is 1. The molecule has 0 radical (unpaired) electrons. The normalized spacial score (nSPS) is 11.2. The smallest absolute Gasteiger partial charge is 0.328 e. The van der Waals surface area contributed by atoms with Gasteiger partial charge in [0.2, 0.25) is 0 Å². The molecule has 6 nitrogen and oxygen atoms in total. The number of H-pyrrole nitrogens is 1. The first kappa shape index (κ1) is 12.1. The third kappa shape index (κ3) is 2.48. The van der Waals surface area contributed by atoms with Crippen LogP contribution in [0.3, 0.4) is 0 Å². The van der Waals surface area contributed by atoms with Gasteiger partial charge >= 0.3 is 5.97 Å². The minimum atomic E-state index is -1.08. The summed E-state index contributed by atoms with van der Waals surface area (Å²) in [6, 6.07) is 5.38. The molecule has 0 aliphatic heterocycles. The molecule has 0 aliphatic carbocycles. The molecular formula is C12H14N4O2. The average Bonchev–Trinajstić information content (AvgIpc) is 2.83.